The van der Waals surface area contributed by atoms with E-state index in [1.54, 1.807) is 0 Å². The molecule has 0 spiro atoms. The van der Waals surface area contributed by atoms with Gasteiger partial charge in [-0.3, -0.25) is 4.68 Å². The van der Waals surface area contributed by atoms with E-state index in [1.807, 2.05) is 0 Å². The van der Waals surface area contributed by atoms with Crippen molar-refractivity contribution in [1.29, 1.82) is 0 Å². The van der Waals surface area contributed by atoms with Crippen molar-refractivity contribution in [3.8, 4) is 0 Å². The normalized spacial score (nSPS) is 20.1. The van der Waals surface area contributed by atoms with Gasteiger partial charge >= 0.3 is 0 Å². The molecule has 1 aromatic rings. The smallest absolute Gasteiger partial charge is 0.0625 e. The minimum atomic E-state index is 0.752. The van der Waals surface area contributed by atoms with Crippen molar-refractivity contribution in [3.63, 3.8) is 0 Å². The summed E-state index contributed by atoms with van der Waals surface area (Å²) in [5, 5.41) is 8.19. The van der Waals surface area contributed by atoms with Gasteiger partial charge in [0.25, 0.3) is 0 Å². The molecule has 1 aromatic heterocycles. The summed E-state index contributed by atoms with van der Waals surface area (Å²) in [5.74, 6) is 2.62. The number of rotatable bonds is 5. The third-order valence-corrected chi connectivity index (χ3v) is 4.82. The lowest BCUT2D eigenvalue weighted by atomic mass is 10.2. The Hall–Kier alpha value is -0.480. The Morgan fingerprint density at radius 3 is 2.82 bits per heavy atom. The summed E-state index contributed by atoms with van der Waals surface area (Å²) in [7, 11) is 0. The fourth-order valence-corrected chi connectivity index (χ4v) is 3.42. The van der Waals surface area contributed by atoms with Crippen molar-refractivity contribution < 1.29 is 0 Å². The van der Waals surface area contributed by atoms with E-state index in [-0.39, 0.29) is 0 Å². The van der Waals surface area contributed by atoms with Crippen LogP contribution in [-0.4, -0.2) is 33.9 Å². The highest BCUT2D eigenvalue weighted by molar-refractivity contribution is 7.99. The van der Waals surface area contributed by atoms with E-state index < -0.39 is 0 Å². The van der Waals surface area contributed by atoms with Crippen LogP contribution in [0.25, 0.3) is 0 Å². The van der Waals surface area contributed by atoms with Gasteiger partial charge in [-0.05, 0) is 51.5 Å². The molecule has 1 aliphatic heterocycles. The molecule has 2 rings (SSSR count). The molecule has 1 fully saturated rings. The Balaban J connectivity index is 1.72. The van der Waals surface area contributed by atoms with Crippen LogP contribution < -0.4 is 5.32 Å². The monoisotopic (exact) mass is 253 g/mol. The van der Waals surface area contributed by atoms with Crippen molar-refractivity contribution >= 4 is 11.8 Å². The standard InChI is InChI=1S/C13H23N3S/c1-10-11(2)15-16(12(10)3)7-4-6-14-13-5-8-17-9-13/h13-14H,4-9H2,1-3H3/t13-/m1/s1. The van der Waals surface area contributed by atoms with Crippen LogP contribution in [0.2, 0.25) is 0 Å². The van der Waals surface area contributed by atoms with E-state index in [0.29, 0.717) is 0 Å². The van der Waals surface area contributed by atoms with E-state index in [4.69, 9.17) is 0 Å². The van der Waals surface area contributed by atoms with E-state index in [0.717, 1.165) is 19.1 Å². The molecule has 4 heteroatoms. The van der Waals surface area contributed by atoms with Crippen LogP contribution in [0.1, 0.15) is 29.8 Å². The maximum Gasteiger partial charge on any atom is 0.0625 e. The van der Waals surface area contributed by atoms with Gasteiger partial charge in [0.05, 0.1) is 5.69 Å². The average molecular weight is 253 g/mol. The zero-order valence-corrected chi connectivity index (χ0v) is 11.9. The van der Waals surface area contributed by atoms with Crippen molar-refractivity contribution in [2.45, 2.75) is 46.2 Å². The molecular formula is C13H23N3S. The molecule has 0 aromatic carbocycles. The molecular weight excluding hydrogens is 230 g/mol. The summed E-state index contributed by atoms with van der Waals surface area (Å²) in [6, 6.07) is 0.752. The highest BCUT2D eigenvalue weighted by atomic mass is 32.2. The summed E-state index contributed by atoms with van der Waals surface area (Å²) < 4.78 is 2.15. The first kappa shape index (κ1) is 13.0. The third kappa shape index (κ3) is 3.26. The second kappa shape index (κ2) is 5.91. The van der Waals surface area contributed by atoms with Gasteiger partial charge in [0.1, 0.15) is 0 Å². The lowest BCUT2D eigenvalue weighted by Crippen LogP contribution is -2.30. The predicted molar refractivity (Wildman–Crippen MR) is 74.8 cm³/mol. The Kier molecular flexibility index (Phi) is 4.51. The van der Waals surface area contributed by atoms with Crippen LogP contribution in [0, 0.1) is 20.8 Å². The van der Waals surface area contributed by atoms with Gasteiger partial charge < -0.3 is 5.32 Å². The Morgan fingerprint density at radius 1 is 1.41 bits per heavy atom. The van der Waals surface area contributed by atoms with Gasteiger partial charge in [0.15, 0.2) is 0 Å². The van der Waals surface area contributed by atoms with Crippen LogP contribution in [0.3, 0.4) is 0 Å². The SMILES string of the molecule is Cc1nn(CCCN[C@@H]2CCSC2)c(C)c1C. The molecule has 0 aliphatic carbocycles. The number of hydrogen-bond acceptors (Lipinski definition) is 3. The highest BCUT2D eigenvalue weighted by Gasteiger charge is 2.14. The lowest BCUT2D eigenvalue weighted by Gasteiger charge is -2.11. The number of aryl methyl sites for hydroxylation is 2. The molecule has 1 aliphatic rings. The largest absolute Gasteiger partial charge is 0.313 e. The lowest BCUT2D eigenvalue weighted by molar-refractivity contribution is 0.495. The third-order valence-electron chi connectivity index (χ3n) is 3.65. The number of thioether (sulfide) groups is 1. The zero-order chi connectivity index (χ0) is 12.3. The maximum absolute atomic E-state index is 4.56. The molecule has 1 saturated heterocycles. The first-order chi connectivity index (χ1) is 8.18. The Morgan fingerprint density at radius 2 is 2.24 bits per heavy atom. The van der Waals surface area contributed by atoms with Gasteiger partial charge in [-0.1, -0.05) is 0 Å². The second-order valence-corrected chi connectivity index (χ2v) is 6.04. The van der Waals surface area contributed by atoms with Crippen molar-refractivity contribution in [2.24, 2.45) is 0 Å². The number of nitrogens with zero attached hydrogens (tertiary/aromatic N) is 2. The van der Waals surface area contributed by atoms with Crippen LogP contribution >= 0.6 is 11.8 Å². The van der Waals surface area contributed by atoms with Gasteiger partial charge in [0, 0.05) is 24.0 Å². The molecule has 1 atom stereocenters. The summed E-state index contributed by atoms with van der Waals surface area (Å²) >= 11 is 2.06. The minimum absolute atomic E-state index is 0.752. The Bertz CT molecular complexity index is 367. The molecule has 0 amide bonds. The van der Waals surface area contributed by atoms with Gasteiger partial charge in [-0.15, -0.1) is 0 Å². The van der Waals surface area contributed by atoms with Crippen LogP contribution in [-0.2, 0) is 6.54 Å². The molecule has 1 N–H and O–H groups in total. The number of hydrogen-bond donors (Lipinski definition) is 1. The predicted octanol–water partition coefficient (Wildman–Crippen LogP) is 2.29. The maximum atomic E-state index is 4.56. The highest BCUT2D eigenvalue weighted by Crippen LogP contribution is 2.17. The van der Waals surface area contributed by atoms with Crippen LogP contribution in [0.15, 0.2) is 0 Å². The fraction of sp³-hybridized carbons (Fsp3) is 0.769. The summed E-state index contributed by atoms with van der Waals surface area (Å²) in [6.45, 7) is 8.56. The number of nitrogens with one attached hydrogen (secondary N) is 1. The van der Waals surface area contributed by atoms with Crippen molar-refractivity contribution in [1.82, 2.24) is 15.1 Å². The molecule has 0 radical (unpaired) electrons. The fourth-order valence-electron chi connectivity index (χ4n) is 2.23. The summed E-state index contributed by atoms with van der Waals surface area (Å²) in [6.07, 6.45) is 2.51. The first-order valence-corrected chi connectivity index (χ1v) is 7.65. The topological polar surface area (TPSA) is 29.9 Å². The first-order valence-electron chi connectivity index (χ1n) is 6.50. The van der Waals surface area contributed by atoms with E-state index >= 15 is 0 Å². The minimum Gasteiger partial charge on any atom is -0.313 e. The van der Waals surface area contributed by atoms with E-state index in [1.165, 1.54) is 41.3 Å². The van der Waals surface area contributed by atoms with E-state index in [9.17, 15) is 0 Å². The second-order valence-electron chi connectivity index (χ2n) is 4.89. The van der Waals surface area contributed by atoms with Crippen molar-refractivity contribution in [2.75, 3.05) is 18.1 Å². The molecule has 0 saturated carbocycles. The molecule has 96 valence electrons. The van der Waals surface area contributed by atoms with Crippen LogP contribution in [0.4, 0.5) is 0 Å². The van der Waals surface area contributed by atoms with Crippen LogP contribution in [0.5, 0.6) is 0 Å². The molecule has 3 nitrogen and oxygen atoms in total. The molecule has 0 unspecified atom stereocenters. The van der Waals surface area contributed by atoms with Gasteiger partial charge in [0.2, 0.25) is 0 Å². The molecule has 17 heavy (non-hydrogen) atoms. The van der Waals surface area contributed by atoms with Gasteiger partial charge in [-0.25, -0.2) is 0 Å². The van der Waals surface area contributed by atoms with E-state index in [2.05, 4.69) is 47.6 Å². The quantitative estimate of drug-likeness (QED) is 0.817. The summed E-state index contributed by atoms with van der Waals surface area (Å²) in [5.41, 5.74) is 3.83. The zero-order valence-electron chi connectivity index (χ0n) is 11.1. The Labute approximate surface area is 108 Å². The average Bonchev–Trinajstić information content (AvgIpc) is 2.90. The molecule has 0 bridgehead atoms. The number of aromatic nitrogens is 2. The molecule has 2 heterocycles. The van der Waals surface area contributed by atoms with Crippen molar-refractivity contribution in [3.05, 3.63) is 17.0 Å². The van der Waals surface area contributed by atoms with Gasteiger partial charge in [-0.2, -0.15) is 16.9 Å². The summed E-state index contributed by atoms with van der Waals surface area (Å²) in [4.78, 5) is 0.